The summed E-state index contributed by atoms with van der Waals surface area (Å²) in [6.45, 7) is 7.22. The molecule has 0 aliphatic rings. The number of fused-ring (bicyclic) bond motifs is 1. The lowest BCUT2D eigenvalue weighted by atomic mass is 10.1. The Hall–Kier alpha value is -2.81. The van der Waals surface area contributed by atoms with Gasteiger partial charge in [-0.3, -0.25) is 4.79 Å². The van der Waals surface area contributed by atoms with Crippen molar-refractivity contribution in [2.75, 3.05) is 24.7 Å². The van der Waals surface area contributed by atoms with E-state index in [2.05, 4.69) is 46.5 Å². The van der Waals surface area contributed by atoms with Crippen molar-refractivity contribution in [2.24, 2.45) is 0 Å². The number of carbonyl (C=O) groups excluding carboxylic acids is 1. The predicted molar refractivity (Wildman–Crippen MR) is 120 cm³/mol. The van der Waals surface area contributed by atoms with Crippen LogP contribution in [0.25, 0.3) is 11.0 Å². The molecule has 30 heavy (non-hydrogen) atoms. The number of amides is 1. The van der Waals surface area contributed by atoms with Gasteiger partial charge in [-0.25, -0.2) is 14.6 Å². The van der Waals surface area contributed by atoms with Crippen molar-refractivity contribution in [3.8, 4) is 5.75 Å². The number of aromatic nitrogens is 4. The number of nitrogens with one attached hydrogen (secondary N) is 2. The maximum atomic E-state index is 12.3. The van der Waals surface area contributed by atoms with E-state index in [1.165, 1.54) is 0 Å². The molecule has 2 aromatic heterocycles. The van der Waals surface area contributed by atoms with E-state index in [0.29, 0.717) is 19.5 Å². The van der Waals surface area contributed by atoms with Crippen LogP contribution < -0.4 is 15.4 Å². The largest absolute Gasteiger partial charge is 0.497 e. The van der Waals surface area contributed by atoms with Gasteiger partial charge in [0.1, 0.15) is 11.6 Å². The summed E-state index contributed by atoms with van der Waals surface area (Å²) in [6, 6.07) is 7.75. The highest BCUT2D eigenvalue weighted by Gasteiger charge is 2.14. The molecule has 0 spiro atoms. The highest BCUT2D eigenvalue weighted by molar-refractivity contribution is 7.99. The Morgan fingerprint density at radius 1 is 1.23 bits per heavy atom. The fourth-order valence-corrected chi connectivity index (χ4v) is 3.53. The molecule has 0 unspecified atom stereocenters. The minimum Gasteiger partial charge on any atom is -0.497 e. The zero-order valence-electron chi connectivity index (χ0n) is 17.8. The molecule has 0 saturated heterocycles. The molecule has 0 aliphatic carbocycles. The molecule has 0 bridgehead atoms. The summed E-state index contributed by atoms with van der Waals surface area (Å²) in [6.07, 6.45) is 2.10. The smallest absolute Gasteiger partial charge is 0.224 e. The normalized spacial score (nSPS) is 11.1. The van der Waals surface area contributed by atoms with Crippen LogP contribution >= 0.6 is 11.8 Å². The summed E-state index contributed by atoms with van der Waals surface area (Å²) in [5.41, 5.74) is 1.71. The molecule has 1 aromatic carbocycles. The molecule has 160 valence electrons. The lowest BCUT2D eigenvalue weighted by Gasteiger charge is -2.12. The highest BCUT2D eigenvalue weighted by atomic mass is 32.2. The van der Waals surface area contributed by atoms with Crippen LogP contribution in [0.4, 0.5) is 5.82 Å². The second-order valence-electron chi connectivity index (χ2n) is 7.07. The standard InChI is InChI=1S/C21H28N6O2S/c1-5-30-21-25-19(24-14(2)3)17-13-23-27(20(17)26-21)11-10-22-18(28)12-15-6-8-16(29-4)9-7-15/h6-9,13-14H,5,10-12H2,1-4H3,(H,22,28)(H,24,25,26). The fourth-order valence-electron chi connectivity index (χ4n) is 2.97. The maximum Gasteiger partial charge on any atom is 0.224 e. The Bertz CT molecular complexity index is 987. The third-order valence-electron chi connectivity index (χ3n) is 4.34. The SMILES string of the molecule is CCSc1nc(NC(C)C)c2cnn(CCNC(=O)Cc3ccc(OC)cc3)c2n1. The molecule has 3 aromatic rings. The van der Waals surface area contributed by atoms with E-state index in [1.807, 2.05) is 28.9 Å². The van der Waals surface area contributed by atoms with Crippen LogP contribution in [0.3, 0.4) is 0 Å². The number of methoxy groups -OCH3 is 1. The average Bonchev–Trinajstić information content (AvgIpc) is 3.12. The lowest BCUT2D eigenvalue weighted by Crippen LogP contribution is -2.28. The van der Waals surface area contributed by atoms with Crippen LogP contribution in [0.15, 0.2) is 35.6 Å². The molecule has 1 amide bonds. The summed E-state index contributed by atoms with van der Waals surface area (Å²) in [5.74, 6) is 2.43. The lowest BCUT2D eigenvalue weighted by molar-refractivity contribution is -0.120. The number of nitrogens with zero attached hydrogens (tertiary/aromatic N) is 4. The van der Waals surface area contributed by atoms with Gasteiger partial charge in [0.05, 0.1) is 31.7 Å². The number of rotatable bonds is 10. The molecule has 2 N–H and O–H groups in total. The van der Waals surface area contributed by atoms with Gasteiger partial charge in [0.25, 0.3) is 0 Å². The molecule has 0 atom stereocenters. The van der Waals surface area contributed by atoms with Crippen molar-refractivity contribution in [3.63, 3.8) is 0 Å². The summed E-state index contributed by atoms with van der Waals surface area (Å²) < 4.78 is 6.96. The van der Waals surface area contributed by atoms with Gasteiger partial charge in [0.2, 0.25) is 5.91 Å². The monoisotopic (exact) mass is 428 g/mol. The molecule has 9 heteroatoms. The van der Waals surface area contributed by atoms with E-state index in [4.69, 9.17) is 4.74 Å². The first-order valence-electron chi connectivity index (χ1n) is 10.0. The zero-order chi connectivity index (χ0) is 21.5. The van der Waals surface area contributed by atoms with Gasteiger partial charge in [-0.05, 0) is 37.3 Å². The topological polar surface area (TPSA) is 94.0 Å². The molecule has 0 saturated carbocycles. The summed E-state index contributed by atoms with van der Waals surface area (Å²) in [7, 11) is 1.62. The molecule has 0 fully saturated rings. The number of thioether (sulfide) groups is 1. The van der Waals surface area contributed by atoms with Gasteiger partial charge in [0.15, 0.2) is 10.8 Å². The third-order valence-corrected chi connectivity index (χ3v) is 5.07. The van der Waals surface area contributed by atoms with Crippen molar-refractivity contribution in [1.29, 1.82) is 0 Å². The van der Waals surface area contributed by atoms with E-state index >= 15 is 0 Å². The Kier molecular flexibility index (Phi) is 7.51. The van der Waals surface area contributed by atoms with E-state index in [0.717, 1.165) is 39.1 Å². The van der Waals surface area contributed by atoms with Gasteiger partial charge < -0.3 is 15.4 Å². The molecule has 2 heterocycles. The average molecular weight is 429 g/mol. The van der Waals surface area contributed by atoms with Crippen molar-refractivity contribution in [3.05, 3.63) is 36.0 Å². The molecule has 8 nitrogen and oxygen atoms in total. The Morgan fingerprint density at radius 2 is 2.00 bits per heavy atom. The Labute approximate surface area is 180 Å². The number of anilines is 1. The van der Waals surface area contributed by atoms with E-state index < -0.39 is 0 Å². The first kappa shape index (κ1) is 21.9. The number of carbonyl (C=O) groups is 1. The van der Waals surface area contributed by atoms with Crippen LogP contribution in [0.2, 0.25) is 0 Å². The van der Waals surface area contributed by atoms with E-state index in [1.54, 1.807) is 25.1 Å². The predicted octanol–water partition coefficient (Wildman–Crippen LogP) is 3.13. The van der Waals surface area contributed by atoms with E-state index in [9.17, 15) is 4.79 Å². The fraction of sp³-hybridized carbons (Fsp3) is 0.429. The first-order valence-corrected chi connectivity index (χ1v) is 11.0. The summed E-state index contributed by atoms with van der Waals surface area (Å²) in [4.78, 5) is 21.5. The van der Waals surface area contributed by atoms with Gasteiger partial charge in [-0.15, -0.1) is 0 Å². The quantitative estimate of drug-likeness (QED) is 0.378. The number of hydrogen-bond acceptors (Lipinski definition) is 7. The molecular weight excluding hydrogens is 400 g/mol. The van der Waals surface area contributed by atoms with Gasteiger partial charge >= 0.3 is 0 Å². The second-order valence-corrected chi connectivity index (χ2v) is 8.30. The molecule has 0 radical (unpaired) electrons. The van der Waals surface area contributed by atoms with Gasteiger partial charge in [0, 0.05) is 12.6 Å². The third kappa shape index (κ3) is 5.63. The van der Waals surface area contributed by atoms with Crippen molar-refractivity contribution in [1.82, 2.24) is 25.1 Å². The number of benzene rings is 1. The first-order chi connectivity index (χ1) is 14.5. The second kappa shape index (κ2) is 10.3. The Balaban J connectivity index is 1.65. The van der Waals surface area contributed by atoms with Crippen LogP contribution in [0.5, 0.6) is 5.75 Å². The van der Waals surface area contributed by atoms with Crippen LogP contribution in [0.1, 0.15) is 26.3 Å². The van der Waals surface area contributed by atoms with Crippen LogP contribution in [0, 0.1) is 0 Å². The molecular formula is C21H28N6O2S. The van der Waals surface area contributed by atoms with Crippen molar-refractivity contribution >= 4 is 34.5 Å². The molecule has 0 aliphatic heterocycles. The van der Waals surface area contributed by atoms with Gasteiger partial charge in [-0.1, -0.05) is 30.8 Å². The van der Waals surface area contributed by atoms with Crippen LogP contribution in [-0.4, -0.2) is 51.1 Å². The van der Waals surface area contributed by atoms with Crippen molar-refractivity contribution < 1.29 is 9.53 Å². The molecule has 3 rings (SSSR count). The Morgan fingerprint density at radius 3 is 2.67 bits per heavy atom. The number of ether oxygens (including phenoxy) is 1. The van der Waals surface area contributed by atoms with E-state index in [-0.39, 0.29) is 11.9 Å². The van der Waals surface area contributed by atoms with Crippen molar-refractivity contribution in [2.45, 2.75) is 44.9 Å². The summed E-state index contributed by atoms with van der Waals surface area (Å²) in [5, 5.41) is 12.4. The summed E-state index contributed by atoms with van der Waals surface area (Å²) >= 11 is 1.59. The highest BCUT2D eigenvalue weighted by Crippen LogP contribution is 2.24. The number of hydrogen-bond donors (Lipinski definition) is 2. The maximum absolute atomic E-state index is 12.3. The van der Waals surface area contributed by atoms with Crippen LogP contribution in [-0.2, 0) is 17.8 Å². The minimum atomic E-state index is -0.0318. The van der Waals surface area contributed by atoms with Gasteiger partial charge in [-0.2, -0.15) is 5.10 Å². The zero-order valence-corrected chi connectivity index (χ0v) is 18.6. The minimum absolute atomic E-state index is 0.0318.